The summed E-state index contributed by atoms with van der Waals surface area (Å²) in [5, 5.41) is 0. The van der Waals surface area contributed by atoms with Gasteiger partial charge < -0.3 is 20.9 Å². The van der Waals surface area contributed by atoms with E-state index >= 15 is 0 Å². The molecule has 4 rings (SSSR count). The highest BCUT2D eigenvalue weighted by Crippen LogP contribution is 2.45. The Balaban J connectivity index is 1.76. The first-order valence-corrected chi connectivity index (χ1v) is 9.93. The molecular formula is C24H20N2O2S. The van der Waals surface area contributed by atoms with Gasteiger partial charge in [0.1, 0.15) is 0 Å². The summed E-state index contributed by atoms with van der Waals surface area (Å²) in [4.78, 5) is 2.00. The van der Waals surface area contributed by atoms with Gasteiger partial charge in [0.25, 0.3) is 0 Å². The Labute approximate surface area is 174 Å². The first kappa shape index (κ1) is 18.8. The van der Waals surface area contributed by atoms with Gasteiger partial charge in [-0.2, -0.15) is 0 Å². The van der Waals surface area contributed by atoms with Crippen LogP contribution in [0.2, 0.25) is 0 Å². The molecule has 4 N–H and O–H groups in total. The van der Waals surface area contributed by atoms with Crippen LogP contribution in [0.4, 0.5) is 11.4 Å². The second kappa shape index (κ2) is 8.63. The second-order valence-electron chi connectivity index (χ2n) is 6.28. The van der Waals surface area contributed by atoms with Crippen molar-refractivity contribution in [1.82, 2.24) is 0 Å². The molecule has 4 nitrogen and oxygen atoms in total. The molecule has 0 aliphatic carbocycles. The number of para-hydroxylation sites is 5. The Bertz CT molecular complexity index is 1120. The van der Waals surface area contributed by atoms with Gasteiger partial charge >= 0.3 is 0 Å². The molecule has 0 saturated heterocycles. The van der Waals surface area contributed by atoms with Crippen LogP contribution in [-0.2, 0) is 0 Å². The molecule has 0 unspecified atom stereocenters. The van der Waals surface area contributed by atoms with E-state index in [0.29, 0.717) is 34.4 Å². The normalized spacial score (nSPS) is 10.5. The fourth-order valence-corrected chi connectivity index (χ4v) is 3.68. The molecule has 0 radical (unpaired) electrons. The molecule has 4 aromatic rings. The van der Waals surface area contributed by atoms with Crippen LogP contribution >= 0.6 is 11.8 Å². The molecule has 0 aromatic heterocycles. The van der Waals surface area contributed by atoms with Crippen LogP contribution in [0, 0.1) is 0 Å². The summed E-state index contributed by atoms with van der Waals surface area (Å²) in [6, 6.07) is 30.6. The summed E-state index contributed by atoms with van der Waals surface area (Å²) in [6.45, 7) is 0. The smallest absolute Gasteiger partial charge is 0.183 e. The molecule has 0 spiro atoms. The number of ether oxygens (including phenoxy) is 2. The van der Waals surface area contributed by atoms with Crippen LogP contribution in [0.3, 0.4) is 0 Å². The van der Waals surface area contributed by atoms with Crippen molar-refractivity contribution >= 4 is 23.1 Å². The zero-order valence-corrected chi connectivity index (χ0v) is 16.4. The van der Waals surface area contributed by atoms with Crippen LogP contribution < -0.4 is 20.9 Å². The van der Waals surface area contributed by atoms with Crippen molar-refractivity contribution in [3.05, 3.63) is 97.1 Å². The van der Waals surface area contributed by atoms with Crippen LogP contribution in [0.5, 0.6) is 23.0 Å². The molecule has 0 atom stereocenters. The number of hydrogen-bond donors (Lipinski definition) is 2. The number of anilines is 2. The Kier molecular flexibility index (Phi) is 5.59. The third kappa shape index (κ3) is 4.47. The van der Waals surface area contributed by atoms with Crippen molar-refractivity contribution in [2.45, 2.75) is 9.79 Å². The topological polar surface area (TPSA) is 70.5 Å². The number of nitrogen functional groups attached to an aromatic ring is 2. The lowest BCUT2D eigenvalue weighted by Crippen LogP contribution is -1.97. The van der Waals surface area contributed by atoms with E-state index in [2.05, 4.69) is 0 Å². The monoisotopic (exact) mass is 400 g/mol. The summed E-state index contributed by atoms with van der Waals surface area (Å²) in [5.41, 5.74) is 13.3. The van der Waals surface area contributed by atoms with E-state index in [1.165, 1.54) is 0 Å². The van der Waals surface area contributed by atoms with Gasteiger partial charge in [-0.25, -0.2) is 0 Å². The highest BCUT2D eigenvalue weighted by atomic mass is 32.2. The van der Waals surface area contributed by atoms with Crippen molar-refractivity contribution in [3.63, 3.8) is 0 Å². The van der Waals surface area contributed by atoms with E-state index in [9.17, 15) is 0 Å². The molecule has 4 aromatic carbocycles. The summed E-state index contributed by atoms with van der Waals surface area (Å²) in [6.07, 6.45) is 0. The van der Waals surface area contributed by atoms with Gasteiger partial charge in [-0.05, 0) is 48.5 Å². The lowest BCUT2D eigenvalue weighted by Gasteiger charge is -2.17. The Hall–Kier alpha value is -3.57. The molecule has 144 valence electrons. The molecule has 0 fully saturated rings. The van der Waals surface area contributed by atoms with Gasteiger partial charge in [-0.1, -0.05) is 60.3 Å². The predicted molar refractivity (Wildman–Crippen MR) is 119 cm³/mol. The van der Waals surface area contributed by atoms with Crippen molar-refractivity contribution < 1.29 is 9.47 Å². The number of benzene rings is 4. The fourth-order valence-electron chi connectivity index (χ4n) is 2.75. The number of rotatable bonds is 6. The van der Waals surface area contributed by atoms with Crippen molar-refractivity contribution in [1.29, 1.82) is 0 Å². The van der Waals surface area contributed by atoms with Crippen molar-refractivity contribution in [3.8, 4) is 23.0 Å². The highest BCUT2D eigenvalue weighted by molar-refractivity contribution is 7.99. The third-order valence-electron chi connectivity index (χ3n) is 4.18. The molecule has 0 heterocycles. The van der Waals surface area contributed by atoms with Crippen molar-refractivity contribution in [2.75, 3.05) is 11.5 Å². The third-order valence-corrected chi connectivity index (χ3v) is 5.23. The number of nitrogens with two attached hydrogens (primary N) is 2. The van der Waals surface area contributed by atoms with Gasteiger partial charge in [0, 0.05) is 4.90 Å². The standard InChI is InChI=1S/C24H20N2O2S/c25-18-11-4-6-13-20(18)27-22-15-8-16-23(29-17-9-2-1-3-10-17)24(22)28-21-14-7-5-12-19(21)26/h1-16H,25-26H2. The Morgan fingerprint density at radius 3 is 1.72 bits per heavy atom. The minimum absolute atomic E-state index is 0.553. The van der Waals surface area contributed by atoms with E-state index < -0.39 is 0 Å². The quantitative estimate of drug-likeness (QED) is 0.357. The summed E-state index contributed by atoms with van der Waals surface area (Å²) < 4.78 is 12.4. The van der Waals surface area contributed by atoms with E-state index in [1.54, 1.807) is 23.9 Å². The average Bonchev–Trinajstić information content (AvgIpc) is 2.74. The summed E-state index contributed by atoms with van der Waals surface area (Å²) in [5.74, 6) is 2.29. The first-order valence-electron chi connectivity index (χ1n) is 9.11. The average molecular weight is 401 g/mol. The van der Waals surface area contributed by atoms with Crippen LogP contribution in [-0.4, -0.2) is 0 Å². The minimum atomic E-state index is 0.553. The van der Waals surface area contributed by atoms with Gasteiger partial charge in [-0.15, -0.1) is 0 Å². The Morgan fingerprint density at radius 1 is 0.517 bits per heavy atom. The maximum atomic E-state index is 6.24. The van der Waals surface area contributed by atoms with E-state index in [4.69, 9.17) is 20.9 Å². The SMILES string of the molecule is Nc1ccccc1Oc1cccc(Sc2ccccc2)c1Oc1ccccc1N. The molecule has 0 amide bonds. The molecule has 0 saturated carbocycles. The second-order valence-corrected chi connectivity index (χ2v) is 7.39. The highest BCUT2D eigenvalue weighted by Gasteiger charge is 2.16. The molecule has 0 aliphatic rings. The van der Waals surface area contributed by atoms with Crippen LogP contribution in [0.25, 0.3) is 0 Å². The maximum Gasteiger partial charge on any atom is 0.183 e. The van der Waals surface area contributed by atoms with Crippen LogP contribution in [0.1, 0.15) is 0 Å². The van der Waals surface area contributed by atoms with Gasteiger partial charge in [0.15, 0.2) is 23.0 Å². The first-order chi connectivity index (χ1) is 14.2. The maximum absolute atomic E-state index is 6.24. The summed E-state index contributed by atoms with van der Waals surface area (Å²) in [7, 11) is 0. The minimum Gasteiger partial charge on any atom is -0.451 e. The van der Waals surface area contributed by atoms with Gasteiger partial charge in [0.2, 0.25) is 0 Å². The Morgan fingerprint density at radius 2 is 1.07 bits per heavy atom. The lowest BCUT2D eigenvalue weighted by atomic mass is 10.2. The number of hydrogen-bond acceptors (Lipinski definition) is 5. The fraction of sp³-hybridized carbons (Fsp3) is 0. The van der Waals surface area contributed by atoms with Gasteiger partial charge in [-0.3, -0.25) is 0 Å². The summed E-state index contributed by atoms with van der Waals surface area (Å²) >= 11 is 1.59. The lowest BCUT2D eigenvalue weighted by molar-refractivity contribution is 0.413. The van der Waals surface area contributed by atoms with E-state index in [0.717, 1.165) is 9.79 Å². The van der Waals surface area contributed by atoms with E-state index in [1.807, 2.05) is 84.9 Å². The zero-order valence-electron chi connectivity index (χ0n) is 15.6. The molecule has 0 bridgehead atoms. The van der Waals surface area contributed by atoms with Gasteiger partial charge in [0.05, 0.1) is 16.3 Å². The largest absolute Gasteiger partial charge is 0.451 e. The zero-order chi connectivity index (χ0) is 20.1. The molecular weight excluding hydrogens is 380 g/mol. The predicted octanol–water partition coefficient (Wildman–Crippen LogP) is 6.59. The molecule has 5 heteroatoms. The van der Waals surface area contributed by atoms with Crippen molar-refractivity contribution in [2.24, 2.45) is 0 Å². The van der Waals surface area contributed by atoms with Crippen LogP contribution in [0.15, 0.2) is 107 Å². The molecule has 0 aliphatic heterocycles. The van der Waals surface area contributed by atoms with E-state index in [-0.39, 0.29) is 0 Å². The molecule has 29 heavy (non-hydrogen) atoms.